The molecule has 38 heavy (non-hydrogen) atoms. The Kier molecular flexibility index (Phi) is 9.84. The van der Waals surface area contributed by atoms with Gasteiger partial charge in [0.1, 0.15) is 12.4 Å². The van der Waals surface area contributed by atoms with E-state index in [1.807, 2.05) is 56.3 Å². The molecule has 0 aliphatic rings. The Morgan fingerprint density at radius 1 is 0.974 bits per heavy atom. The maximum Gasteiger partial charge on any atom is 0.282 e. The molecule has 0 aliphatic heterocycles. The van der Waals surface area contributed by atoms with Crippen molar-refractivity contribution in [2.45, 2.75) is 39.7 Å². The third-order valence-corrected chi connectivity index (χ3v) is 9.12. The highest BCUT2D eigenvalue weighted by Crippen LogP contribution is 2.43. The second kappa shape index (κ2) is 12.9. The van der Waals surface area contributed by atoms with E-state index in [0.29, 0.717) is 51.5 Å². The van der Waals surface area contributed by atoms with Crippen molar-refractivity contribution in [3.63, 3.8) is 0 Å². The van der Waals surface area contributed by atoms with Crippen LogP contribution in [0, 0.1) is 0 Å². The zero-order valence-electron chi connectivity index (χ0n) is 21.0. The maximum atomic E-state index is 13.5. The lowest BCUT2D eigenvalue weighted by atomic mass is 10.1. The topological polar surface area (TPSA) is 65.7 Å². The van der Waals surface area contributed by atoms with Gasteiger partial charge in [0.25, 0.3) is 5.56 Å². The first-order valence-corrected chi connectivity index (χ1v) is 15.2. The summed E-state index contributed by atoms with van der Waals surface area (Å²) in [4.78, 5) is 18.3. The van der Waals surface area contributed by atoms with Crippen LogP contribution in [0.4, 0.5) is 0 Å². The Balaban J connectivity index is 1.76. The van der Waals surface area contributed by atoms with Crippen LogP contribution in [0.5, 0.6) is 11.5 Å². The van der Waals surface area contributed by atoms with Gasteiger partial charge in [-0.25, -0.2) is 4.98 Å². The number of hydrogen-bond acceptors (Lipinski definition) is 5. The van der Waals surface area contributed by atoms with Crippen LogP contribution in [-0.4, -0.2) is 22.5 Å². The Morgan fingerprint density at radius 3 is 2.37 bits per heavy atom. The molecule has 1 atom stereocenters. The first-order chi connectivity index (χ1) is 18.2. The lowest BCUT2D eigenvalue weighted by Gasteiger charge is -2.17. The first kappa shape index (κ1) is 29.0. The molecule has 10 heteroatoms. The van der Waals surface area contributed by atoms with Crippen molar-refractivity contribution in [3.05, 3.63) is 93.7 Å². The van der Waals surface area contributed by atoms with E-state index >= 15 is 0 Å². The molecule has 4 aromatic rings. The molecule has 3 aromatic carbocycles. The highest BCUT2D eigenvalue weighted by atomic mass is 79.9. The predicted octanol–water partition coefficient (Wildman–Crippen LogP) is 8.82. The van der Waals surface area contributed by atoms with Gasteiger partial charge < -0.3 is 9.47 Å². The van der Waals surface area contributed by atoms with Gasteiger partial charge in [-0.3, -0.25) is 4.79 Å². The molecule has 0 spiro atoms. The smallest absolute Gasteiger partial charge is 0.282 e. The van der Waals surface area contributed by atoms with Crippen LogP contribution in [0.1, 0.15) is 50.1 Å². The second-order valence-electron chi connectivity index (χ2n) is 8.57. The van der Waals surface area contributed by atoms with E-state index in [0.717, 1.165) is 25.4 Å². The van der Waals surface area contributed by atoms with E-state index in [4.69, 9.17) is 14.5 Å². The van der Waals surface area contributed by atoms with Crippen molar-refractivity contribution >= 4 is 80.8 Å². The Bertz CT molecular complexity index is 1550. The minimum absolute atomic E-state index is 0.0384. The molecular weight excluding hydrogens is 746 g/mol. The van der Waals surface area contributed by atoms with Gasteiger partial charge in [0.15, 0.2) is 11.5 Å². The van der Waals surface area contributed by atoms with Gasteiger partial charge in [0, 0.05) is 24.9 Å². The summed E-state index contributed by atoms with van der Waals surface area (Å²) in [6.45, 7) is 6.85. The molecular formula is C28H25Br4N3O3. The molecule has 0 fully saturated rings. The van der Waals surface area contributed by atoms with Crippen LogP contribution in [0.2, 0.25) is 0 Å². The average molecular weight is 771 g/mol. The fourth-order valence-corrected chi connectivity index (χ4v) is 5.29. The zero-order chi connectivity index (χ0) is 27.4. The highest BCUT2D eigenvalue weighted by molar-refractivity contribution is 9.13. The fourth-order valence-electron chi connectivity index (χ4n) is 3.73. The normalized spacial score (nSPS) is 12.3. The van der Waals surface area contributed by atoms with E-state index < -0.39 is 0 Å². The largest absolute Gasteiger partial charge is 0.490 e. The minimum Gasteiger partial charge on any atom is -0.490 e. The molecule has 0 amide bonds. The summed E-state index contributed by atoms with van der Waals surface area (Å²) in [5.41, 5.74) is 2.16. The third-order valence-electron chi connectivity index (χ3n) is 5.95. The number of halogens is 4. The fraction of sp³-hybridized carbons (Fsp3) is 0.250. The highest BCUT2D eigenvalue weighted by Gasteiger charge is 2.19. The van der Waals surface area contributed by atoms with Crippen molar-refractivity contribution in [2.24, 2.45) is 5.10 Å². The van der Waals surface area contributed by atoms with Crippen molar-refractivity contribution in [1.82, 2.24) is 9.66 Å². The Morgan fingerprint density at radius 2 is 1.68 bits per heavy atom. The van der Waals surface area contributed by atoms with Crippen LogP contribution >= 0.6 is 63.7 Å². The van der Waals surface area contributed by atoms with Crippen LogP contribution in [0.3, 0.4) is 0 Å². The Labute approximate surface area is 255 Å². The second-order valence-corrected chi connectivity index (χ2v) is 12.0. The van der Waals surface area contributed by atoms with Crippen LogP contribution in [0.15, 0.2) is 76.3 Å². The summed E-state index contributed by atoms with van der Waals surface area (Å²) in [7, 11) is 0. The molecule has 0 N–H and O–H groups in total. The van der Waals surface area contributed by atoms with Gasteiger partial charge in [0.2, 0.25) is 0 Å². The summed E-state index contributed by atoms with van der Waals surface area (Å²) in [6.07, 6.45) is 2.45. The summed E-state index contributed by atoms with van der Waals surface area (Å²) < 4.78 is 16.7. The van der Waals surface area contributed by atoms with E-state index in [1.54, 1.807) is 12.3 Å². The van der Waals surface area contributed by atoms with Gasteiger partial charge in [-0.15, -0.1) is 0 Å². The molecule has 4 rings (SSSR count). The lowest BCUT2D eigenvalue weighted by molar-refractivity contribution is 0.267. The van der Waals surface area contributed by atoms with Crippen molar-refractivity contribution in [1.29, 1.82) is 0 Å². The van der Waals surface area contributed by atoms with Crippen LogP contribution < -0.4 is 15.0 Å². The number of rotatable bonds is 9. The van der Waals surface area contributed by atoms with Gasteiger partial charge in [-0.05, 0) is 87.2 Å². The van der Waals surface area contributed by atoms with E-state index in [9.17, 15) is 4.79 Å². The van der Waals surface area contributed by atoms with Gasteiger partial charge in [-0.1, -0.05) is 57.8 Å². The number of hydrogen-bond donors (Lipinski definition) is 0. The number of ether oxygens (including phenoxy) is 2. The quantitative estimate of drug-likeness (QED) is 0.160. The van der Waals surface area contributed by atoms with Gasteiger partial charge in [0.05, 0.1) is 28.2 Å². The predicted molar refractivity (Wildman–Crippen MR) is 167 cm³/mol. The maximum absolute atomic E-state index is 13.5. The summed E-state index contributed by atoms with van der Waals surface area (Å²) in [5.74, 6) is 1.79. The summed E-state index contributed by atoms with van der Waals surface area (Å²) in [6, 6.07) is 15.3. The number of nitrogens with zero attached hydrogens (tertiary/aromatic N) is 3. The SMILES string of the molecule is CCOc1cc(C=Nn2c([C@H](C)CC)nc3ccc(Br)cc3c2=O)c(Br)c(Br)c1OCc1ccc(Br)cc1. The monoisotopic (exact) mass is 767 g/mol. The van der Waals surface area contributed by atoms with Crippen LogP contribution in [0.25, 0.3) is 10.9 Å². The average Bonchev–Trinajstić information content (AvgIpc) is 2.91. The molecule has 1 aromatic heterocycles. The molecule has 0 radical (unpaired) electrons. The molecule has 0 unspecified atom stereocenters. The standard InChI is InChI=1S/C28H25Br4N3O3/c1-4-16(3)27-34-22-11-10-20(30)13-21(22)28(36)35(27)33-14-18-12-23(37-5-2)26(25(32)24(18)31)38-15-17-6-8-19(29)9-7-17/h6-14,16H,4-5,15H2,1-3H3/t16-/m1/s1. The molecule has 6 nitrogen and oxygen atoms in total. The van der Waals surface area contributed by atoms with E-state index in [1.165, 1.54) is 4.68 Å². The molecule has 0 saturated carbocycles. The minimum atomic E-state index is -0.225. The molecule has 0 saturated heterocycles. The van der Waals surface area contributed by atoms with E-state index in [2.05, 4.69) is 75.7 Å². The first-order valence-electron chi connectivity index (χ1n) is 12.0. The molecule has 0 bridgehead atoms. The third kappa shape index (κ3) is 6.41. The summed E-state index contributed by atoms with van der Waals surface area (Å²) >= 11 is 14.2. The zero-order valence-corrected chi connectivity index (χ0v) is 27.3. The molecule has 0 aliphatic carbocycles. The molecule has 1 heterocycles. The Hall–Kier alpha value is -2.01. The summed E-state index contributed by atoms with van der Waals surface area (Å²) in [5, 5.41) is 5.11. The number of fused-ring (bicyclic) bond motifs is 1. The lowest BCUT2D eigenvalue weighted by Crippen LogP contribution is -2.23. The molecule has 198 valence electrons. The van der Waals surface area contributed by atoms with Gasteiger partial charge in [-0.2, -0.15) is 9.78 Å². The number of aromatic nitrogens is 2. The van der Waals surface area contributed by atoms with E-state index in [-0.39, 0.29) is 11.5 Å². The van der Waals surface area contributed by atoms with Crippen LogP contribution in [-0.2, 0) is 6.61 Å². The van der Waals surface area contributed by atoms with Crippen molar-refractivity contribution < 1.29 is 9.47 Å². The van der Waals surface area contributed by atoms with Crippen molar-refractivity contribution in [2.75, 3.05) is 6.61 Å². The van der Waals surface area contributed by atoms with Crippen molar-refractivity contribution in [3.8, 4) is 11.5 Å². The number of benzene rings is 3. The van der Waals surface area contributed by atoms with Gasteiger partial charge >= 0.3 is 0 Å².